The number of ether oxygens (including phenoxy) is 1. The van der Waals surface area contributed by atoms with Crippen LogP contribution in [0.15, 0.2) is 24.3 Å². The number of thiazole rings is 1. The summed E-state index contributed by atoms with van der Waals surface area (Å²) in [5, 5.41) is 4.25. The van der Waals surface area contributed by atoms with Gasteiger partial charge in [-0.2, -0.15) is 4.98 Å². The molecule has 0 spiro atoms. The molecule has 0 saturated heterocycles. The Balaban J connectivity index is 1.96. The highest BCUT2D eigenvalue weighted by atomic mass is 35.5. The molecule has 0 saturated carbocycles. The number of unbranched alkanes of at least 4 members (excludes halogenated alkanes) is 1. The first-order chi connectivity index (χ1) is 10.6. The van der Waals surface area contributed by atoms with Gasteiger partial charge in [-0.1, -0.05) is 36.3 Å². The fourth-order valence-electron chi connectivity index (χ4n) is 1.76. The van der Waals surface area contributed by atoms with Gasteiger partial charge in [0, 0.05) is 12.1 Å². The second kappa shape index (κ2) is 8.12. The second-order valence-electron chi connectivity index (χ2n) is 4.71. The van der Waals surface area contributed by atoms with E-state index in [0.717, 1.165) is 24.3 Å². The summed E-state index contributed by atoms with van der Waals surface area (Å²) in [6, 6.07) is 6.57. The summed E-state index contributed by atoms with van der Waals surface area (Å²) in [6.07, 6.45) is 2.28. The van der Waals surface area contributed by atoms with E-state index in [1.54, 1.807) is 24.3 Å². The molecule has 0 bridgehead atoms. The predicted octanol–water partition coefficient (Wildman–Crippen LogP) is 3.58. The van der Waals surface area contributed by atoms with Gasteiger partial charge in [0.1, 0.15) is 10.9 Å². The third-order valence-corrected chi connectivity index (χ3v) is 4.32. The van der Waals surface area contributed by atoms with Crippen LogP contribution in [0.4, 0.5) is 0 Å². The minimum Gasteiger partial charge on any atom is -0.431 e. The second-order valence-corrected chi connectivity index (χ2v) is 6.12. The number of primary amides is 1. The largest absolute Gasteiger partial charge is 0.431 e. The number of nitrogens with one attached hydrogen (secondary N) is 1. The topological polar surface area (TPSA) is 77.2 Å². The van der Waals surface area contributed by atoms with Crippen LogP contribution < -0.4 is 15.8 Å². The van der Waals surface area contributed by atoms with E-state index in [1.807, 2.05) is 0 Å². The average molecular weight is 340 g/mol. The standard InChI is InChI=1S/C15H18ClN3O2S/c1-2-3-8-18-9-12-13(16)19-15(22-12)21-11-6-4-10(5-7-11)14(17)20/h4-7,18H,2-3,8-9H2,1H3,(H2,17,20). The van der Waals surface area contributed by atoms with Crippen molar-refractivity contribution in [3.63, 3.8) is 0 Å². The average Bonchev–Trinajstić information content (AvgIpc) is 2.84. The molecule has 0 atom stereocenters. The summed E-state index contributed by atoms with van der Waals surface area (Å²) in [4.78, 5) is 16.2. The van der Waals surface area contributed by atoms with Crippen LogP contribution in [0, 0.1) is 0 Å². The van der Waals surface area contributed by atoms with Crippen LogP contribution in [0.3, 0.4) is 0 Å². The molecule has 7 heteroatoms. The van der Waals surface area contributed by atoms with Crippen LogP contribution in [0.25, 0.3) is 0 Å². The van der Waals surface area contributed by atoms with Crippen molar-refractivity contribution >= 4 is 28.8 Å². The number of nitrogens with zero attached hydrogens (tertiary/aromatic N) is 1. The van der Waals surface area contributed by atoms with E-state index in [9.17, 15) is 4.79 Å². The minimum absolute atomic E-state index is 0.435. The van der Waals surface area contributed by atoms with Crippen molar-refractivity contribution in [2.45, 2.75) is 26.3 Å². The van der Waals surface area contributed by atoms with E-state index in [-0.39, 0.29) is 0 Å². The number of halogens is 1. The maximum Gasteiger partial charge on any atom is 0.280 e. The first-order valence-electron chi connectivity index (χ1n) is 7.03. The Labute approximate surface area is 138 Å². The zero-order valence-electron chi connectivity index (χ0n) is 12.3. The number of carbonyl (C=O) groups excluding carboxylic acids is 1. The number of rotatable bonds is 8. The lowest BCUT2D eigenvalue weighted by Gasteiger charge is -2.02. The number of benzene rings is 1. The first-order valence-corrected chi connectivity index (χ1v) is 8.23. The highest BCUT2D eigenvalue weighted by Crippen LogP contribution is 2.32. The van der Waals surface area contributed by atoms with Crippen LogP contribution in [-0.4, -0.2) is 17.4 Å². The Kier molecular flexibility index (Phi) is 6.18. The van der Waals surface area contributed by atoms with Crippen molar-refractivity contribution in [2.24, 2.45) is 5.73 Å². The van der Waals surface area contributed by atoms with Crippen LogP contribution in [0.2, 0.25) is 5.15 Å². The lowest BCUT2D eigenvalue weighted by molar-refractivity contribution is 0.100. The van der Waals surface area contributed by atoms with E-state index in [0.29, 0.717) is 28.2 Å². The molecule has 0 aliphatic heterocycles. The number of nitrogens with two attached hydrogens (primary N) is 1. The molecule has 0 radical (unpaired) electrons. The number of carbonyl (C=O) groups is 1. The Bertz CT molecular complexity index is 628. The summed E-state index contributed by atoms with van der Waals surface area (Å²) < 4.78 is 5.65. The van der Waals surface area contributed by atoms with E-state index in [4.69, 9.17) is 22.1 Å². The molecule has 2 aromatic rings. The molecule has 0 aliphatic carbocycles. The highest BCUT2D eigenvalue weighted by Gasteiger charge is 2.11. The third kappa shape index (κ3) is 4.69. The van der Waals surface area contributed by atoms with Gasteiger partial charge in [0.25, 0.3) is 5.19 Å². The Morgan fingerprint density at radius 3 is 2.77 bits per heavy atom. The van der Waals surface area contributed by atoms with Crippen LogP contribution in [0.5, 0.6) is 10.9 Å². The highest BCUT2D eigenvalue weighted by molar-refractivity contribution is 7.14. The van der Waals surface area contributed by atoms with Gasteiger partial charge >= 0.3 is 0 Å². The number of hydrogen-bond donors (Lipinski definition) is 2. The Morgan fingerprint density at radius 1 is 1.41 bits per heavy atom. The molecule has 2 rings (SSSR count). The monoisotopic (exact) mass is 339 g/mol. The number of hydrogen-bond acceptors (Lipinski definition) is 5. The van der Waals surface area contributed by atoms with Gasteiger partial charge in [0.05, 0.1) is 4.88 Å². The van der Waals surface area contributed by atoms with Gasteiger partial charge in [0.2, 0.25) is 5.91 Å². The molecular formula is C15H18ClN3O2S. The molecule has 118 valence electrons. The molecule has 0 unspecified atom stereocenters. The zero-order valence-corrected chi connectivity index (χ0v) is 13.8. The van der Waals surface area contributed by atoms with Crippen molar-refractivity contribution in [1.29, 1.82) is 0 Å². The molecule has 1 heterocycles. The maximum absolute atomic E-state index is 11.0. The molecule has 3 N–H and O–H groups in total. The molecule has 0 fully saturated rings. The summed E-state index contributed by atoms with van der Waals surface area (Å²) in [5.74, 6) is 0.116. The number of aromatic nitrogens is 1. The third-order valence-electron chi connectivity index (χ3n) is 2.97. The van der Waals surface area contributed by atoms with Crippen molar-refractivity contribution in [2.75, 3.05) is 6.54 Å². The molecule has 1 amide bonds. The van der Waals surface area contributed by atoms with Gasteiger partial charge in [-0.05, 0) is 37.2 Å². The lowest BCUT2D eigenvalue weighted by Crippen LogP contribution is -2.13. The normalized spacial score (nSPS) is 10.6. The van der Waals surface area contributed by atoms with Crippen LogP contribution in [-0.2, 0) is 6.54 Å². The zero-order chi connectivity index (χ0) is 15.9. The summed E-state index contributed by atoms with van der Waals surface area (Å²) in [7, 11) is 0. The van der Waals surface area contributed by atoms with E-state index in [1.165, 1.54) is 11.3 Å². The summed E-state index contributed by atoms with van der Waals surface area (Å²) in [5.41, 5.74) is 5.63. The Morgan fingerprint density at radius 2 is 2.14 bits per heavy atom. The van der Waals surface area contributed by atoms with Gasteiger partial charge in [-0.25, -0.2) is 0 Å². The number of amides is 1. The Hall–Kier alpha value is -1.63. The van der Waals surface area contributed by atoms with Gasteiger partial charge in [-0.15, -0.1) is 0 Å². The molecular weight excluding hydrogens is 322 g/mol. The van der Waals surface area contributed by atoms with Gasteiger partial charge in [0.15, 0.2) is 0 Å². The first kappa shape index (κ1) is 16.7. The van der Waals surface area contributed by atoms with Crippen molar-refractivity contribution < 1.29 is 9.53 Å². The molecule has 22 heavy (non-hydrogen) atoms. The van der Waals surface area contributed by atoms with Crippen LogP contribution in [0.1, 0.15) is 35.0 Å². The summed E-state index contributed by atoms with van der Waals surface area (Å²) >= 11 is 7.51. The van der Waals surface area contributed by atoms with Gasteiger partial charge in [-0.3, -0.25) is 4.79 Å². The quantitative estimate of drug-likeness (QED) is 0.721. The van der Waals surface area contributed by atoms with E-state index >= 15 is 0 Å². The van der Waals surface area contributed by atoms with Crippen molar-refractivity contribution in [1.82, 2.24) is 10.3 Å². The van der Waals surface area contributed by atoms with E-state index in [2.05, 4.69) is 17.2 Å². The van der Waals surface area contributed by atoms with E-state index < -0.39 is 5.91 Å². The summed E-state index contributed by atoms with van der Waals surface area (Å²) in [6.45, 7) is 3.78. The SMILES string of the molecule is CCCCNCc1sc(Oc2ccc(C(N)=O)cc2)nc1Cl. The fraction of sp³-hybridized carbons (Fsp3) is 0.333. The maximum atomic E-state index is 11.0. The predicted molar refractivity (Wildman–Crippen MR) is 88.8 cm³/mol. The molecule has 1 aromatic heterocycles. The smallest absolute Gasteiger partial charge is 0.280 e. The lowest BCUT2D eigenvalue weighted by atomic mass is 10.2. The molecule has 0 aliphatic rings. The van der Waals surface area contributed by atoms with Crippen LogP contribution >= 0.6 is 22.9 Å². The van der Waals surface area contributed by atoms with Gasteiger partial charge < -0.3 is 15.8 Å². The minimum atomic E-state index is -0.468. The molecule has 5 nitrogen and oxygen atoms in total. The van der Waals surface area contributed by atoms with Crippen molar-refractivity contribution in [3.05, 3.63) is 39.9 Å². The van der Waals surface area contributed by atoms with Crippen molar-refractivity contribution in [3.8, 4) is 10.9 Å². The molecule has 1 aromatic carbocycles. The fourth-order valence-corrected chi connectivity index (χ4v) is 2.86.